The van der Waals surface area contributed by atoms with Crippen LogP contribution in [0, 0.1) is 20.8 Å². The zero-order valence-electron chi connectivity index (χ0n) is 11.2. The summed E-state index contributed by atoms with van der Waals surface area (Å²) < 4.78 is 4.01. The molecule has 17 heavy (non-hydrogen) atoms. The maximum Gasteiger partial charge on any atom is 0.0155 e. The normalized spacial score (nSPS) is 15.7. The Morgan fingerprint density at radius 2 is 1.59 bits per heavy atom. The predicted molar refractivity (Wildman–Crippen MR) is 86.3 cm³/mol. The summed E-state index contributed by atoms with van der Waals surface area (Å²) in [6.07, 6.45) is 2.39. The Kier molecular flexibility index (Phi) is 3.67. The van der Waals surface area contributed by atoms with Crippen LogP contribution in [0.15, 0.2) is 33.4 Å². The molecule has 0 bridgehead atoms. The van der Waals surface area contributed by atoms with Crippen LogP contribution in [-0.4, -0.2) is 3.51 Å². The van der Waals surface area contributed by atoms with Crippen LogP contribution >= 0.6 is 20.7 Å². The number of hydrogen-bond donors (Lipinski definition) is 0. The molecule has 1 heteroatoms. The van der Waals surface area contributed by atoms with E-state index in [4.69, 9.17) is 0 Å². The van der Waals surface area contributed by atoms with Crippen LogP contribution in [0.1, 0.15) is 36.1 Å². The third kappa shape index (κ3) is 2.59. The number of hydrogen-bond acceptors (Lipinski definition) is 0. The SMILES string of the molecule is CC1=CI=C(c2cc(C)cc(C)c2C)C=C1C. The largest absolute Gasteiger partial charge is 0.0847 e. The second-order valence-electron chi connectivity index (χ2n) is 4.83. The molecule has 0 spiro atoms. The number of allylic oxidation sites excluding steroid dienone is 3. The predicted octanol–water partition coefficient (Wildman–Crippen LogP) is 4.97. The van der Waals surface area contributed by atoms with Crippen molar-refractivity contribution in [1.82, 2.24) is 0 Å². The lowest BCUT2D eigenvalue weighted by molar-refractivity contribution is 1.29. The molecule has 0 radical (unpaired) electrons. The van der Waals surface area contributed by atoms with Gasteiger partial charge in [-0.3, -0.25) is 0 Å². The smallest absolute Gasteiger partial charge is 0.0155 e. The Labute approximate surface area is 114 Å². The van der Waals surface area contributed by atoms with E-state index in [1.165, 1.54) is 33.4 Å². The summed E-state index contributed by atoms with van der Waals surface area (Å²) in [6, 6.07) is 4.62. The fraction of sp³-hybridized carbons (Fsp3) is 0.312. The van der Waals surface area contributed by atoms with Crippen LogP contribution in [0.25, 0.3) is 0 Å². The van der Waals surface area contributed by atoms with E-state index < -0.39 is 0 Å². The molecule has 0 unspecified atom stereocenters. The molecule has 0 saturated carbocycles. The summed E-state index contributed by atoms with van der Waals surface area (Å²) >= 11 is 0.0387. The van der Waals surface area contributed by atoms with Crippen molar-refractivity contribution < 1.29 is 0 Å². The monoisotopic (exact) mass is 338 g/mol. The lowest BCUT2D eigenvalue weighted by Crippen LogP contribution is -2.03. The maximum atomic E-state index is 2.45. The van der Waals surface area contributed by atoms with Crippen molar-refractivity contribution in [3.8, 4) is 0 Å². The first kappa shape index (κ1) is 12.7. The minimum atomic E-state index is 0.0387. The second kappa shape index (κ2) is 4.89. The van der Waals surface area contributed by atoms with Gasteiger partial charge in [0.05, 0.1) is 0 Å². The summed E-state index contributed by atoms with van der Waals surface area (Å²) in [5, 5.41) is 0. The van der Waals surface area contributed by atoms with Gasteiger partial charge >= 0.3 is 0 Å². The topological polar surface area (TPSA) is 0 Å². The molecule has 0 atom stereocenters. The molecule has 0 nitrogen and oxygen atoms in total. The fourth-order valence-corrected chi connectivity index (χ4v) is 4.82. The number of halogens is 1. The summed E-state index contributed by atoms with van der Waals surface area (Å²) in [7, 11) is 0. The van der Waals surface area contributed by atoms with Crippen molar-refractivity contribution in [3.63, 3.8) is 0 Å². The highest BCUT2D eigenvalue weighted by atomic mass is 127. The van der Waals surface area contributed by atoms with Crippen LogP contribution in [0.2, 0.25) is 0 Å². The molecule has 1 aliphatic rings. The highest BCUT2D eigenvalue weighted by molar-refractivity contribution is 14.2. The Balaban J connectivity index is 2.57. The molecule has 1 aromatic rings. The van der Waals surface area contributed by atoms with E-state index in [0.717, 1.165) is 0 Å². The van der Waals surface area contributed by atoms with E-state index >= 15 is 0 Å². The Morgan fingerprint density at radius 1 is 0.882 bits per heavy atom. The van der Waals surface area contributed by atoms with Crippen LogP contribution in [0.3, 0.4) is 0 Å². The van der Waals surface area contributed by atoms with Crippen molar-refractivity contribution >= 4 is 24.2 Å². The van der Waals surface area contributed by atoms with E-state index in [2.05, 4.69) is 56.9 Å². The number of rotatable bonds is 1. The van der Waals surface area contributed by atoms with Gasteiger partial charge in [0, 0.05) is 3.51 Å². The molecule has 0 aromatic heterocycles. The fourth-order valence-electron chi connectivity index (χ4n) is 1.99. The molecule has 0 saturated heterocycles. The van der Waals surface area contributed by atoms with Crippen LogP contribution in [0.5, 0.6) is 0 Å². The van der Waals surface area contributed by atoms with Crippen molar-refractivity contribution in [1.29, 1.82) is 0 Å². The lowest BCUT2D eigenvalue weighted by atomic mass is 9.96. The molecular weight excluding hydrogens is 319 g/mol. The first-order valence-electron chi connectivity index (χ1n) is 5.93. The first-order chi connectivity index (χ1) is 7.99. The minimum Gasteiger partial charge on any atom is -0.0847 e. The molecular formula is C16H19I. The zero-order valence-corrected chi connectivity index (χ0v) is 13.3. The van der Waals surface area contributed by atoms with Crippen LogP contribution in [0.4, 0.5) is 0 Å². The van der Waals surface area contributed by atoms with Crippen molar-refractivity contribution in [2.75, 3.05) is 0 Å². The molecule has 1 aliphatic heterocycles. The molecule has 0 N–H and O–H groups in total. The highest BCUT2D eigenvalue weighted by Gasteiger charge is 2.09. The van der Waals surface area contributed by atoms with Gasteiger partial charge in [-0.25, -0.2) is 0 Å². The lowest BCUT2D eigenvalue weighted by Gasteiger charge is -2.14. The van der Waals surface area contributed by atoms with Crippen LogP contribution in [-0.2, 0) is 0 Å². The van der Waals surface area contributed by atoms with Crippen molar-refractivity contribution in [2.24, 2.45) is 0 Å². The Morgan fingerprint density at radius 3 is 2.24 bits per heavy atom. The van der Waals surface area contributed by atoms with Gasteiger partial charge in [-0.2, -0.15) is 0 Å². The highest BCUT2D eigenvalue weighted by Crippen LogP contribution is 2.27. The zero-order chi connectivity index (χ0) is 12.6. The van der Waals surface area contributed by atoms with Gasteiger partial charge < -0.3 is 0 Å². The minimum absolute atomic E-state index is 0.0387. The number of aryl methyl sites for hydroxylation is 2. The third-order valence-corrected chi connectivity index (χ3v) is 6.18. The van der Waals surface area contributed by atoms with E-state index in [0.29, 0.717) is 0 Å². The van der Waals surface area contributed by atoms with Gasteiger partial charge in [-0.15, -0.1) is 0 Å². The van der Waals surface area contributed by atoms with Crippen molar-refractivity contribution in [3.05, 3.63) is 55.7 Å². The van der Waals surface area contributed by atoms with E-state index in [1.807, 2.05) is 0 Å². The Bertz CT molecular complexity index is 557. The van der Waals surface area contributed by atoms with Gasteiger partial charge in [-0.1, -0.05) is 38.4 Å². The van der Waals surface area contributed by atoms with E-state index in [-0.39, 0.29) is 20.7 Å². The molecule has 0 aliphatic carbocycles. The van der Waals surface area contributed by atoms with Gasteiger partial charge in [-0.05, 0) is 72.6 Å². The maximum absolute atomic E-state index is 2.45. The summed E-state index contributed by atoms with van der Waals surface area (Å²) in [6.45, 7) is 11.1. The van der Waals surface area contributed by atoms with Crippen LogP contribution < -0.4 is 0 Å². The molecule has 90 valence electrons. The molecule has 1 aromatic carbocycles. The molecule has 0 fully saturated rings. The molecule has 2 rings (SSSR count). The average Bonchev–Trinajstić information content (AvgIpc) is 2.27. The van der Waals surface area contributed by atoms with Crippen molar-refractivity contribution in [2.45, 2.75) is 34.6 Å². The van der Waals surface area contributed by atoms with Gasteiger partial charge in [0.15, 0.2) is 0 Å². The van der Waals surface area contributed by atoms with Gasteiger partial charge in [0.1, 0.15) is 0 Å². The van der Waals surface area contributed by atoms with Gasteiger partial charge in [0.25, 0.3) is 0 Å². The summed E-state index contributed by atoms with van der Waals surface area (Å²) in [5.74, 6) is 0. The summed E-state index contributed by atoms with van der Waals surface area (Å²) in [4.78, 5) is 0. The third-order valence-electron chi connectivity index (χ3n) is 3.37. The first-order valence-corrected chi connectivity index (χ1v) is 8.25. The van der Waals surface area contributed by atoms with E-state index in [9.17, 15) is 0 Å². The Hall–Kier alpha value is -0.700. The molecule has 0 amide bonds. The van der Waals surface area contributed by atoms with Gasteiger partial charge in [0.2, 0.25) is 0 Å². The quantitative estimate of drug-likeness (QED) is 0.635. The standard InChI is InChI=1S/C16H19I/c1-10-6-12(3)14(5)15(7-10)16-8-11(2)13(4)9-17-16/h6-9H,1-5H3. The summed E-state index contributed by atoms with van der Waals surface area (Å²) in [5.41, 5.74) is 8.58. The van der Waals surface area contributed by atoms with E-state index in [1.54, 1.807) is 3.51 Å². The average molecular weight is 338 g/mol. The molecule has 1 heterocycles. The number of benzene rings is 1. The second-order valence-corrected chi connectivity index (χ2v) is 7.24.